The van der Waals surface area contributed by atoms with Gasteiger partial charge in [-0.25, -0.2) is 0 Å². The zero-order valence-electron chi connectivity index (χ0n) is 60.7. The van der Waals surface area contributed by atoms with E-state index in [1.807, 2.05) is 181 Å². The zero-order chi connectivity index (χ0) is 79.8. The molecule has 0 spiro atoms. The first-order valence-corrected chi connectivity index (χ1v) is 35.2. The molecular formula is C68H82Cl6N36. The molecule has 576 valence electrons. The largest absolute Gasteiger partial charge is 0.368 e. The third-order valence-corrected chi connectivity index (χ3v) is 14.6. The highest BCUT2D eigenvalue weighted by molar-refractivity contribution is 6.32. The van der Waals surface area contributed by atoms with Gasteiger partial charge < -0.3 is 98.2 Å². The summed E-state index contributed by atoms with van der Waals surface area (Å²) in [6.45, 7) is 9.78. The van der Waals surface area contributed by atoms with E-state index in [1.54, 1.807) is 30.3 Å². The fourth-order valence-electron chi connectivity index (χ4n) is 8.45. The van der Waals surface area contributed by atoms with Crippen LogP contribution >= 0.6 is 69.6 Å². The maximum Gasteiger partial charge on any atom is 0.233 e. The van der Waals surface area contributed by atoms with E-state index in [-0.39, 0.29) is 65.6 Å². The average Bonchev–Trinajstić information content (AvgIpc) is 0.842. The molecule has 12 rings (SSSR count). The van der Waals surface area contributed by atoms with Gasteiger partial charge >= 0.3 is 0 Å². The molecule has 0 saturated carbocycles. The van der Waals surface area contributed by atoms with Gasteiger partial charge in [0, 0.05) is 107 Å². The molecule has 0 bridgehead atoms. The molecule has 42 heteroatoms. The van der Waals surface area contributed by atoms with Crippen molar-refractivity contribution >= 4 is 194 Å². The molecule has 6 heterocycles. The van der Waals surface area contributed by atoms with Gasteiger partial charge in [0.15, 0.2) is 0 Å². The Labute approximate surface area is 664 Å². The van der Waals surface area contributed by atoms with Gasteiger partial charge in [-0.1, -0.05) is 118 Å². The standard InChI is InChI=1S/2C13H17ClN6.C12H15ClN6.C11H13ClN6.C10H11ClN6.C9H9ClN6/c1-19(2)12-16-11(17-13(18-12)20(3)4)15-10-7-5-9(14)6-8-10;1-8(2)17-13-19-11(15)18-12(20-13)16-7-9-3-5-10(14)6-4-9;1-7(2)15-11-17-10(14)18-12(19-11)16-9-5-3-4-8(13)6-9;12-8-3-1-2-7(6-8)4-5-15-11-17-9(13)16-10(14)18-11;11-7-3-1-6(2-4-7)5-14-10-16-8(12)15-9(13)17-10;10-5-2-1-3-6(4-5)13-9-15-7(11)14-8(12)16-9/h5-8H,1-4H3,(H,15,16,17,18);3-6,8H,7H2,1-2H3,(H4,15,16,17,18,19,20);3-7H,1-2H3,(H4,14,15,16,17,18,19);1-3,6H,4-5H2,(H5,13,14,15,16,17,18);1-4H,5H2,(H5,12,13,14,15,16,17);1-4H,(H5,11,12,13,14,15,16). The van der Waals surface area contributed by atoms with Gasteiger partial charge in [-0.2, -0.15) is 89.7 Å². The van der Waals surface area contributed by atoms with Crippen LogP contribution < -0.4 is 98.2 Å². The number of rotatable bonds is 22. The van der Waals surface area contributed by atoms with Crippen LogP contribution in [0.3, 0.4) is 0 Å². The van der Waals surface area contributed by atoms with Crippen LogP contribution in [0.1, 0.15) is 44.4 Å². The van der Waals surface area contributed by atoms with Crippen LogP contribution in [-0.2, 0) is 19.5 Å². The second kappa shape index (κ2) is 42.8. The lowest BCUT2D eigenvalue weighted by Crippen LogP contribution is -2.19. The van der Waals surface area contributed by atoms with Gasteiger partial charge in [0.05, 0.1) is 0 Å². The monoisotopic (exact) mass is 1610 g/mol. The van der Waals surface area contributed by atoms with Crippen molar-refractivity contribution in [3.05, 3.63) is 192 Å². The highest BCUT2D eigenvalue weighted by Gasteiger charge is 2.13. The summed E-state index contributed by atoms with van der Waals surface area (Å²) in [6, 6.07) is 44.9. The lowest BCUT2D eigenvalue weighted by molar-refractivity contribution is 0.867. The van der Waals surface area contributed by atoms with Crippen molar-refractivity contribution in [2.45, 2.75) is 59.3 Å². The Morgan fingerprint density at radius 2 is 0.600 bits per heavy atom. The quantitative estimate of drug-likeness (QED) is 0.0300. The zero-order valence-corrected chi connectivity index (χ0v) is 65.2. The predicted molar refractivity (Wildman–Crippen MR) is 446 cm³/mol. The molecule has 6 aromatic carbocycles. The second-order valence-electron chi connectivity index (χ2n) is 23.6. The molecule has 12 aromatic rings. The van der Waals surface area contributed by atoms with Gasteiger partial charge in [-0.05, 0) is 148 Å². The Hall–Kier alpha value is -12.5. The van der Waals surface area contributed by atoms with E-state index in [9.17, 15) is 0 Å². The predicted octanol–water partition coefficient (Wildman–Crippen LogP) is 11.7. The summed E-state index contributed by atoms with van der Waals surface area (Å²) >= 11 is 35.1. The number of hydrogen-bond acceptors (Lipinski definition) is 36. The summed E-state index contributed by atoms with van der Waals surface area (Å²) in [6.07, 6.45) is 0.798. The van der Waals surface area contributed by atoms with Crippen molar-refractivity contribution in [3.63, 3.8) is 0 Å². The van der Waals surface area contributed by atoms with Crippen molar-refractivity contribution < 1.29 is 0 Å². The number of nitrogens with one attached hydrogen (secondary N) is 8. The first-order valence-electron chi connectivity index (χ1n) is 32.9. The Balaban J connectivity index is 0.000000184. The van der Waals surface area contributed by atoms with E-state index in [0.717, 1.165) is 45.2 Å². The lowest BCUT2D eigenvalue weighted by atomic mass is 10.1. The Morgan fingerprint density at radius 3 is 0.982 bits per heavy atom. The van der Waals surface area contributed by atoms with Gasteiger partial charge in [0.25, 0.3) is 0 Å². The van der Waals surface area contributed by atoms with Crippen molar-refractivity contribution in [2.24, 2.45) is 0 Å². The van der Waals surface area contributed by atoms with Gasteiger partial charge in [-0.15, -0.1) is 0 Å². The van der Waals surface area contributed by atoms with Crippen LogP contribution in [-0.4, -0.2) is 137 Å². The van der Waals surface area contributed by atoms with E-state index in [2.05, 4.69) is 132 Å². The van der Waals surface area contributed by atoms with E-state index in [4.69, 9.17) is 115 Å². The van der Waals surface area contributed by atoms with Crippen LogP contribution in [0.25, 0.3) is 0 Å². The Kier molecular flexibility index (Phi) is 33.0. The molecule has 0 unspecified atom stereocenters. The van der Waals surface area contributed by atoms with E-state index in [0.29, 0.717) is 98.3 Å². The molecule has 110 heavy (non-hydrogen) atoms. The molecule has 0 fully saturated rings. The van der Waals surface area contributed by atoms with Crippen LogP contribution in [0.4, 0.5) is 124 Å². The minimum absolute atomic E-state index is 0.0667. The normalized spacial score (nSPS) is 10.3. The van der Waals surface area contributed by atoms with Crippen LogP contribution in [0.2, 0.25) is 30.1 Å². The molecule has 0 aliphatic rings. The molecule has 0 aliphatic carbocycles. The number of nitrogens with two attached hydrogens (primary N) is 8. The number of nitrogens with zero attached hydrogens (tertiary/aromatic N) is 20. The number of benzene rings is 6. The average molecular weight is 1620 g/mol. The maximum atomic E-state index is 5.91. The molecule has 0 amide bonds. The third kappa shape index (κ3) is 31.9. The SMILES string of the molecule is CC(C)Nc1nc(N)nc(NCc2ccc(Cl)cc2)n1.CC(C)Nc1nc(N)nc(Nc2cccc(Cl)c2)n1.CN(C)c1nc(Nc2ccc(Cl)cc2)nc(N(C)C)n1.Nc1nc(N)nc(NCCc2cccc(Cl)c2)n1.Nc1nc(N)nc(NCc2ccc(Cl)cc2)n1.Nc1nc(N)nc(Nc2cccc(Cl)c2)n1. The molecule has 6 aromatic heterocycles. The molecule has 24 N–H and O–H groups in total. The fraction of sp³-hybridized carbons (Fsp3) is 0.206. The molecule has 0 radical (unpaired) electrons. The summed E-state index contributed by atoms with van der Waals surface area (Å²) in [4.78, 5) is 75.8. The number of aromatic nitrogens is 18. The topological polar surface area (TPSA) is 543 Å². The Morgan fingerprint density at radius 1 is 0.291 bits per heavy atom. The minimum Gasteiger partial charge on any atom is -0.368 e. The minimum atomic E-state index is 0.0667. The first kappa shape index (κ1) is 84.8. The first-order chi connectivity index (χ1) is 52.4. The summed E-state index contributed by atoms with van der Waals surface area (Å²) < 4.78 is 0. The smallest absolute Gasteiger partial charge is 0.233 e. The highest BCUT2D eigenvalue weighted by Crippen LogP contribution is 2.24. The van der Waals surface area contributed by atoms with Gasteiger partial charge in [-0.3, -0.25) is 0 Å². The lowest BCUT2D eigenvalue weighted by Gasteiger charge is -2.16. The van der Waals surface area contributed by atoms with Crippen molar-refractivity contribution in [1.29, 1.82) is 0 Å². The molecule has 0 aliphatic heterocycles. The summed E-state index contributed by atoms with van der Waals surface area (Å²) in [5, 5.41) is 28.5. The number of hydrogen-bond donors (Lipinski definition) is 16. The van der Waals surface area contributed by atoms with Crippen molar-refractivity contribution in [2.75, 3.05) is 133 Å². The van der Waals surface area contributed by atoms with Crippen LogP contribution in [0.5, 0.6) is 0 Å². The second-order valence-corrected chi connectivity index (χ2v) is 26.2. The number of nitrogen functional groups attached to an aromatic ring is 8. The molecule has 0 atom stereocenters. The third-order valence-electron chi connectivity index (χ3n) is 13.1. The van der Waals surface area contributed by atoms with Crippen molar-refractivity contribution in [3.8, 4) is 0 Å². The maximum absolute atomic E-state index is 5.91. The number of halogens is 6. The summed E-state index contributed by atoms with van der Waals surface area (Å²) in [5.74, 6) is 5.28. The Bertz CT molecular complexity index is 4780. The van der Waals surface area contributed by atoms with E-state index >= 15 is 0 Å². The number of anilines is 21. The fourth-order valence-corrected chi connectivity index (χ4v) is 9.42. The van der Waals surface area contributed by atoms with E-state index in [1.165, 1.54) is 0 Å². The van der Waals surface area contributed by atoms with Gasteiger partial charge in [0.2, 0.25) is 107 Å². The molecular weight excluding hydrogens is 1530 g/mol. The molecule has 36 nitrogen and oxygen atoms in total. The van der Waals surface area contributed by atoms with E-state index < -0.39 is 0 Å². The summed E-state index contributed by atoms with van der Waals surface area (Å²) in [7, 11) is 7.56. The highest BCUT2D eigenvalue weighted by atomic mass is 35.5. The molecule has 0 saturated heterocycles. The van der Waals surface area contributed by atoms with Crippen LogP contribution in [0, 0.1) is 0 Å². The van der Waals surface area contributed by atoms with Gasteiger partial charge in [0.1, 0.15) is 0 Å². The van der Waals surface area contributed by atoms with Crippen molar-refractivity contribution in [1.82, 2.24) is 89.7 Å². The summed E-state index contributed by atoms with van der Waals surface area (Å²) in [5.41, 5.74) is 49.7. The van der Waals surface area contributed by atoms with Crippen LogP contribution in [0.15, 0.2) is 146 Å².